The Morgan fingerprint density at radius 2 is 0.769 bits per heavy atom. The molecule has 15 atom stereocenters. The van der Waals surface area contributed by atoms with Gasteiger partial charge < -0.3 is 115 Å². The molecule has 0 bridgehead atoms. The molecule has 0 spiro atoms. The van der Waals surface area contributed by atoms with Crippen LogP contribution in [0.25, 0.3) is 0 Å². The molecule has 0 aromatic heterocycles. The Balaban J connectivity index is 1.63. The van der Waals surface area contributed by atoms with Gasteiger partial charge in [-0.25, -0.2) is 0 Å². The third-order valence-electron chi connectivity index (χ3n) is 13.6. The second-order valence-electron chi connectivity index (χ2n) is 20.1. The minimum atomic E-state index is -1.57. The molecular weight excluding hydrogens is 1040 g/mol. The number of methoxy groups -OCH3 is 1. The predicted octanol–water partition coefficient (Wildman–Crippen LogP) is -4.84. The molecule has 0 radical (unpaired) electrons. The smallest absolute Gasteiger partial charge is 0.222 e. The van der Waals surface area contributed by atoms with Crippen LogP contribution in [-0.4, -0.2) is 261 Å². The average Bonchev–Trinajstić information content (AvgIpc) is 3.41. The summed E-state index contributed by atoms with van der Waals surface area (Å²) in [5, 5.41) is 104. The fourth-order valence-corrected chi connectivity index (χ4v) is 8.70. The fraction of sp³-hybridized carbons (Fsp3) is 0.900. The van der Waals surface area contributed by atoms with Gasteiger partial charge in [0.2, 0.25) is 29.5 Å². The van der Waals surface area contributed by atoms with E-state index in [1.165, 1.54) is 0 Å². The van der Waals surface area contributed by atoms with Crippen molar-refractivity contribution in [2.75, 3.05) is 106 Å². The summed E-state index contributed by atoms with van der Waals surface area (Å²) in [6.07, 6.45) is -12.2. The first-order valence-electron chi connectivity index (χ1n) is 27.1. The molecule has 0 aromatic carbocycles. The number of amides is 5. The maximum Gasteiger partial charge on any atom is 0.222 e. The topological polar surface area (TPSA) is 411 Å². The SMILES string of the molecule is COCCCNC(=O)CCCC(=O)NC(COCCC(=O)NCCCO[C@@H]1OC(CO)C(O)[C@H](O)C1C)(COCCC(=O)NCCCO[C@@H]1OC(CO)C(O)[C@H](O)C1C)CC(=O)NCCCO[C@@H]1OC(CO)C(O)[C@H](O)C1C. The van der Waals surface area contributed by atoms with E-state index in [1.807, 2.05) is 0 Å². The van der Waals surface area contributed by atoms with E-state index in [4.69, 9.17) is 42.6 Å². The van der Waals surface area contributed by atoms with E-state index in [2.05, 4.69) is 26.6 Å². The van der Waals surface area contributed by atoms with Crippen LogP contribution in [0.2, 0.25) is 0 Å². The average molecular weight is 1130 g/mol. The van der Waals surface area contributed by atoms with Crippen LogP contribution < -0.4 is 26.6 Å². The van der Waals surface area contributed by atoms with Gasteiger partial charge >= 0.3 is 0 Å². The number of ether oxygens (including phenoxy) is 9. The first-order chi connectivity index (χ1) is 37.3. The molecule has 454 valence electrons. The van der Waals surface area contributed by atoms with Gasteiger partial charge in [-0.1, -0.05) is 20.8 Å². The lowest BCUT2D eigenvalue weighted by molar-refractivity contribution is -0.282. The molecule has 28 nitrogen and oxygen atoms in total. The molecule has 5 amide bonds. The van der Waals surface area contributed by atoms with Gasteiger partial charge in [0.05, 0.1) is 96.3 Å². The highest BCUT2D eigenvalue weighted by molar-refractivity contribution is 5.82. The van der Waals surface area contributed by atoms with Gasteiger partial charge in [-0.3, -0.25) is 24.0 Å². The summed E-state index contributed by atoms with van der Waals surface area (Å²) in [5.74, 6) is -3.93. The molecule has 9 unspecified atom stereocenters. The molecule has 3 aliphatic rings. The van der Waals surface area contributed by atoms with E-state index in [9.17, 15) is 69.9 Å². The summed E-state index contributed by atoms with van der Waals surface area (Å²) in [7, 11) is 1.55. The van der Waals surface area contributed by atoms with Crippen molar-refractivity contribution in [2.24, 2.45) is 17.8 Å². The van der Waals surface area contributed by atoms with Gasteiger partial charge in [0.1, 0.15) is 36.6 Å². The quantitative estimate of drug-likeness (QED) is 0.0257. The fourth-order valence-electron chi connectivity index (χ4n) is 8.70. The van der Waals surface area contributed by atoms with Crippen LogP contribution in [0, 0.1) is 17.8 Å². The number of aliphatic hydroxyl groups excluding tert-OH is 9. The monoisotopic (exact) mass is 1130 g/mol. The molecule has 28 heteroatoms. The molecule has 0 saturated carbocycles. The second kappa shape index (κ2) is 37.6. The van der Waals surface area contributed by atoms with Gasteiger partial charge in [0, 0.05) is 83.3 Å². The third-order valence-corrected chi connectivity index (χ3v) is 13.6. The first-order valence-corrected chi connectivity index (χ1v) is 27.1. The first kappa shape index (κ1) is 68.9. The van der Waals surface area contributed by atoms with Gasteiger partial charge in [-0.15, -0.1) is 0 Å². The Labute approximate surface area is 455 Å². The van der Waals surface area contributed by atoms with E-state index < -0.39 is 147 Å². The number of aliphatic hydroxyl groups is 9. The highest BCUT2D eigenvalue weighted by atomic mass is 16.7. The molecule has 3 aliphatic heterocycles. The molecule has 3 saturated heterocycles. The molecular formula is C50H91N5O23. The highest BCUT2D eigenvalue weighted by Crippen LogP contribution is 2.29. The summed E-state index contributed by atoms with van der Waals surface area (Å²) in [4.78, 5) is 65.6. The Morgan fingerprint density at radius 1 is 0.436 bits per heavy atom. The zero-order valence-electron chi connectivity index (χ0n) is 45.6. The normalized spacial score (nSPS) is 30.0. The van der Waals surface area contributed by atoms with E-state index in [0.717, 1.165) is 0 Å². The van der Waals surface area contributed by atoms with Crippen LogP contribution in [0.15, 0.2) is 0 Å². The minimum Gasteiger partial charge on any atom is -0.394 e. The van der Waals surface area contributed by atoms with E-state index in [0.29, 0.717) is 32.4 Å². The van der Waals surface area contributed by atoms with Gasteiger partial charge in [-0.2, -0.15) is 0 Å². The summed E-state index contributed by atoms with van der Waals surface area (Å²) >= 11 is 0. The summed E-state index contributed by atoms with van der Waals surface area (Å²) in [5.41, 5.74) is -1.57. The van der Waals surface area contributed by atoms with Gasteiger partial charge in [0.25, 0.3) is 0 Å². The third kappa shape index (κ3) is 24.0. The van der Waals surface area contributed by atoms with Crippen LogP contribution in [0.4, 0.5) is 0 Å². The predicted molar refractivity (Wildman–Crippen MR) is 271 cm³/mol. The lowest BCUT2D eigenvalue weighted by Gasteiger charge is -2.40. The van der Waals surface area contributed by atoms with Crippen LogP contribution >= 0.6 is 0 Å². The van der Waals surface area contributed by atoms with Crippen molar-refractivity contribution in [3.63, 3.8) is 0 Å². The summed E-state index contributed by atoms with van der Waals surface area (Å²) in [6, 6.07) is 0. The van der Waals surface area contributed by atoms with Gasteiger partial charge in [0.15, 0.2) is 18.9 Å². The summed E-state index contributed by atoms with van der Waals surface area (Å²) in [6.45, 7) is 3.93. The zero-order valence-corrected chi connectivity index (χ0v) is 45.6. The lowest BCUT2D eigenvalue weighted by atomic mass is 9.92. The Hall–Kier alpha value is -3.37. The standard InChI is InChI=1S/C50H91N5O23/c1-30-41(64)44(67)33(25-56)76-47(30)73-19-7-15-52-37(60)12-22-71-28-50(55-39(62)11-5-10-36(59)51-14-6-18-70-4,24-40(63)54-17-9-21-75-49-32(3)43(66)46(69)35(27-58)78-49)29-72-23-13-38(61)53-16-8-20-74-48-31(2)42(65)45(68)34(26-57)77-48/h30-35,41-49,56-58,64-69H,5-29H2,1-4H3,(H,51,59)(H,52,60)(H,53,61)(H,54,63)(H,55,62)/t30?,31?,32?,33?,34?,35?,41-,42-,43-,44?,45?,46?,47-,48-,49-,50?/m1/s1. The van der Waals surface area contributed by atoms with Crippen LogP contribution in [0.5, 0.6) is 0 Å². The van der Waals surface area contributed by atoms with Crippen LogP contribution in [0.3, 0.4) is 0 Å². The van der Waals surface area contributed by atoms with Gasteiger partial charge in [-0.05, 0) is 32.1 Å². The zero-order chi connectivity index (χ0) is 57.6. The summed E-state index contributed by atoms with van der Waals surface area (Å²) < 4.78 is 50.9. The van der Waals surface area contributed by atoms with Crippen molar-refractivity contribution in [1.82, 2.24) is 26.6 Å². The van der Waals surface area contributed by atoms with Crippen molar-refractivity contribution in [3.05, 3.63) is 0 Å². The Morgan fingerprint density at radius 3 is 1.13 bits per heavy atom. The number of rotatable bonds is 39. The van der Waals surface area contributed by atoms with Crippen molar-refractivity contribution >= 4 is 29.5 Å². The molecule has 14 N–H and O–H groups in total. The number of hydrogen-bond acceptors (Lipinski definition) is 23. The number of carbonyl (C=O) groups excluding carboxylic acids is 5. The Bertz CT molecular complexity index is 1660. The molecule has 3 heterocycles. The number of hydrogen-bond donors (Lipinski definition) is 14. The van der Waals surface area contributed by atoms with E-state index in [1.54, 1.807) is 27.9 Å². The molecule has 3 rings (SSSR count). The molecule has 78 heavy (non-hydrogen) atoms. The van der Waals surface area contributed by atoms with Crippen LogP contribution in [0.1, 0.15) is 85.0 Å². The van der Waals surface area contributed by atoms with Crippen molar-refractivity contribution < 1.29 is 113 Å². The molecule has 0 aromatic rings. The Kier molecular flexibility index (Phi) is 33.2. The number of nitrogens with one attached hydrogen (secondary N) is 5. The largest absolute Gasteiger partial charge is 0.394 e. The van der Waals surface area contributed by atoms with E-state index >= 15 is 0 Å². The molecule has 0 aliphatic carbocycles. The maximum absolute atomic E-state index is 13.7. The van der Waals surface area contributed by atoms with Crippen LogP contribution in [-0.2, 0) is 66.6 Å². The minimum absolute atomic E-state index is 0.0339. The second-order valence-corrected chi connectivity index (χ2v) is 20.1. The van der Waals surface area contributed by atoms with Crippen molar-refractivity contribution in [3.8, 4) is 0 Å². The maximum atomic E-state index is 13.7. The lowest BCUT2D eigenvalue weighted by Crippen LogP contribution is -2.57. The number of carbonyl (C=O) groups is 5. The van der Waals surface area contributed by atoms with E-state index in [-0.39, 0.29) is 110 Å². The highest BCUT2D eigenvalue weighted by Gasteiger charge is 2.45. The van der Waals surface area contributed by atoms with Crippen molar-refractivity contribution in [1.29, 1.82) is 0 Å². The van der Waals surface area contributed by atoms with Crippen molar-refractivity contribution in [2.45, 2.75) is 164 Å². The molecule has 3 fully saturated rings.